The van der Waals surface area contributed by atoms with E-state index < -0.39 is 0 Å². The fourth-order valence-electron chi connectivity index (χ4n) is 2.80. The zero-order chi connectivity index (χ0) is 15.2. The van der Waals surface area contributed by atoms with Gasteiger partial charge in [0.1, 0.15) is 12.1 Å². The summed E-state index contributed by atoms with van der Waals surface area (Å²) >= 11 is 0. The lowest BCUT2D eigenvalue weighted by Gasteiger charge is -2.26. The number of nitrogens with zero attached hydrogens (tertiary/aromatic N) is 2. The number of nitriles is 1. The number of benzene rings is 1. The van der Waals surface area contributed by atoms with E-state index in [2.05, 4.69) is 28.5 Å². The minimum atomic E-state index is -0.165. The first-order valence-electron chi connectivity index (χ1n) is 7.43. The Balaban J connectivity index is 2.26. The van der Waals surface area contributed by atoms with Crippen molar-refractivity contribution in [1.82, 2.24) is 10.6 Å². The second kappa shape index (κ2) is 7.09. The molecule has 5 heteroatoms. The van der Waals surface area contributed by atoms with Crippen molar-refractivity contribution in [2.24, 2.45) is 0 Å². The molecular formula is C16H22N4O. The van der Waals surface area contributed by atoms with E-state index in [-0.39, 0.29) is 11.9 Å². The fraction of sp³-hybridized carbons (Fsp3) is 0.500. The zero-order valence-electron chi connectivity index (χ0n) is 12.6. The predicted octanol–water partition coefficient (Wildman–Crippen LogP) is 1.38. The Labute approximate surface area is 125 Å². The van der Waals surface area contributed by atoms with Crippen LogP contribution in [-0.2, 0) is 11.3 Å². The summed E-state index contributed by atoms with van der Waals surface area (Å²) in [5.74, 6) is 0.0214. The van der Waals surface area contributed by atoms with Crippen molar-refractivity contribution in [3.63, 3.8) is 0 Å². The Kier molecular flexibility index (Phi) is 5.18. The van der Waals surface area contributed by atoms with Gasteiger partial charge in [0.2, 0.25) is 5.91 Å². The van der Waals surface area contributed by atoms with E-state index in [0.717, 1.165) is 43.7 Å². The van der Waals surface area contributed by atoms with Crippen molar-refractivity contribution in [3.8, 4) is 6.07 Å². The van der Waals surface area contributed by atoms with Gasteiger partial charge in [-0.3, -0.25) is 4.79 Å². The van der Waals surface area contributed by atoms with Crippen molar-refractivity contribution in [1.29, 1.82) is 5.26 Å². The highest BCUT2D eigenvalue weighted by Gasteiger charge is 2.31. The highest BCUT2D eigenvalue weighted by Crippen LogP contribution is 2.29. The van der Waals surface area contributed by atoms with Gasteiger partial charge in [0.15, 0.2) is 0 Å². The molecule has 1 aromatic carbocycles. The number of likely N-dealkylation sites (N-methyl/N-ethyl adjacent to an activating group) is 1. The molecule has 0 radical (unpaired) electrons. The molecule has 1 heterocycles. The van der Waals surface area contributed by atoms with Gasteiger partial charge in [-0.25, -0.2) is 0 Å². The Hall–Kier alpha value is -2.06. The van der Waals surface area contributed by atoms with Crippen LogP contribution in [0.2, 0.25) is 0 Å². The molecule has 1 amide bonds. The second-order valence-electron chi connectivity index (χ2n) is 5.21. The van der Waals surface area contributed by atoms with E-state index >= 15 is 0 Å². The largest absolute Gasteiger partial charge is 0.358 e. The first kappa shape index (κ1) is 15.3. The Morgan fingerprint density at radius 1 is 1.52 bits per heavy atom. The maximum Gasteiger partial charge on any atom is 0.242 e. The van der Waals surface area contributed by atoms with E-state index in [9.17, 15) is 10.1 Å². The molecule has 0 aromatic heterocycles. The van der Waals surface area contributed by atoms with Gasteiger partial charge in [-0.1, -0.05) is 13.0 Å². The monoisotopic (exact) mass is 286 g/mol. The number of carbonyl (C=O) groups excluding carboxylic acids is 1. The molecule has 2 N–H and O–H groups in total. The number of hydrogen-bond acceptors (Lipinski definition) is 4. The maximum atomic E-state index is 12.0. The van der Waals surface area contributed by atoms with Crippen molar-refractivity contribution in [2.45, 2.75) is 32.4 Å². The number of amides is 1. The standard InChI is InChI=1S/C16H22N4O/c1-3-19-11-12-6-7-14(13(9-12)10-17)20-8-4-5-15(20)16(21)18-2/h6-7,9,15,19H,3-5,8,11H2,1-2H3,(H,18,21). The molecular weight excluding hydrogens is 264 g/mol. The molecule has 21 heavy (non-hydrogen) atoms. The third-order valence-electron chi connectivity index (χ3n) is 3.87. The van der Waals surface area contributed by atoms with E-state index in [4.69, 9.17) is 0 Å². The van der Waals surface area contributed by atoms with Crippen molar-refractivity contribution in [2.75, 3.05) is 25.0 Å². The van der Waals surface area contributed by atoms with E-state index in [1.54, 1.807) is 7.05 Å². The lowest BCUT2D eigenvalue weighted by molar-refractivity contribution is -0.121. The van der Waals surface area contributed by atoms with Crippen LogP contribution in [0.3, 0.4) is 0 Å². The van der Waals surface area contributed by atoms with Crippen molar-refractivity contribution < 1.29 is 4.79 Å². The van der Waals surface area contributed by atoms with Crippen molar-refractivity contribution >= 4 is 11.6 Å². The molecule has 0 aliphatic carbocycles. The SMILES string of the molecule is CCNCc1ccc(N2CCCC2C(=O)NC)c(C#N)c1. The summed E-state index contributed by atoms with van der Waals surface area (Å²) in [4.78, 5) is 14.0. The summed E-state index contributed by atoms with van der Waals surface area (Å²) in [6.45, 7) is 4.52. The van der Waals surface area contributed by atoms with Gasteiger partial charge in [-0.15, -0.1) is 0 Å². The lowest BCUT2D eigenvalue weighted by Crippen LogP contribution is -2.42. The van der Waals surface area contributed by atoms with Crippen LogP contribution in [0.25, 0.3) is 0 Å². The van der Waals surface area contributed by atoms with E-state index in [1.165, 1.54) is 0 Å². The maximum absolute atomic E-state index is 12.0. The van der Waals surface area contributed by atoms with Gasteiger partial charge < -0.3 is 15.5 Å². The third-order valence-corrected chi connectivity index (χ3v) is 3.87. The van der Waals surface area contributed by atoms with Gasteiger partial charge in [0, 0.05) is 20.1 Å². The Bertz CT molecular complexity index is 550. The average Bonchev–Trinajstić information content (AvgIpc) is 3.01. The number of rotatable bonds is 5. The van der Waals surface area contributed by atoms with Crippen LogP contribution in [-0.4, -0.2) is 32.1 Å². The molecule has 1 unspecified atom stereocenters. The summed E-state index contributed by atoms with van der Waals surface area (Å²) in [5.41, 5.74) is 2.60. The van der Waals surface area contributed by atoms with E-state index in [1.807, 2.05) is 18.2 Å². The fourth-order valence-corrected chi connectivity index (χ4v) is 2.80. The van der Waals surface area contributed by atoms with Gasteiger partial charge in [0.05, 0.1) is 11.3 Å². The average molecular weight is 286 g/mol. The van der Waals surface area contributed by atoms with Gasteiger partial charge in [0.25, 0.3) is 0 Å². The number of anilines is 1. The molecule has 1 aliphatic heterocycles. The Morgan fingerprint density at radius 3 is 3.00 bits per heavy atom. The number of carbonyl (C=O) groups is 1. The van der Waals surface area contributed by atoms with Crippen LogP contribution in [0.4, 0.5) is 5.69 Å². The highest BCUT2D eigenvalue weighted by atomic mass is 16.2. The smallest absolute Gasteiger partial charge is 0.242 e. The molecule has 5 nitrogen and oxygen atoms in total. The van der Waals surface area contributed by atoms with Crippen molar-refractivity contribution in [3.05, 3.63) is 29.3 Å². The van der Waals surface area contributed by atoms with E-state index in [0.29, 0.717) is 5.56 Å². The quantitative estimate of drug-likeness (QED) is 0.858. The normalized spacial score (nSPS) is 17.6. The summed E-state index contributed by atoms with van der Waals surface area (Å²) in [6.07, 6.45) is 1.81. The number of nitrogens with one attached hydrogen (secondary N) is 2. The van der Waals surface area contributed by atoms with Crippen LogP contribution in [0.15, 0.2) is 18.2 Å². The van der Waals surface area contributed by atoms with Gasteiger partial charge >= 0.3 is 0 Å². The van der Waals surface area contributed by atoms with Gasteiger partial charge in [-0.05, 0) is 37.1 Å². The zero-order valence-corrected chi connectivity index (χ0v) is 12.6. The molecule has 1 fully saturated rings. The van der Waals surface area contributed by atoms with Crippen LogP contribution in [0.1, 0.15) is 30.9 Å². The molecule has 1 atom stereocenters. The first-order valence-corrected chi connectivity index (χ1v) is 7.43. The predicted molar refractivity (Wildman–Crippen MR) is 83.0 cm³/mol. The Morgan fingerprint density at radius 2 is 2.33 bits per heavy atom. The minimum absolute atomic E-state index is 0.0214. The minimum Gasteiger partial charge on any atom is -0.358 e. The topological polar surface area (TPSA) is 68.2 Å². The van der Waals surface area contributed by atoms with Crippen LogP contribution < -0.4 is 15.5 Å². The van der Waals surface area contributed by atoms with Crippen LogP contribution >= 0.6 is 0 Å². The molecule has 1 aromatic rings. The molecule has 2 rings (SSSR count). The summed E-state index contributed by atoms with van der Waals surface area (Å²) in [5, 5.41) is 15.4. The molecule has 1 saturated heterocycles. The summed E-state index contributed by atoms with van der Waals surface area (Å²) in [7, 11) is 1.66. The molecule has 112 valence electrons. The molecule has 0 saturated carbocycles. The van der Waals surface area contributed by atoms with Crippen LogP contribution in [0, 0.1) is 11.3 Å². The van der Waals surface area contributed by atoms with Gasteiger partial charge in [-0.2, -0.15) is 5.26 Å². The third kappa shape index (κ3) is 3.34. The number of hydrogen-bond donors (Lipinski definition) is 2. The molecule has 0 bridgehead atoms. The second-order valence-corrected chi connectivity index (χ2v) is 5.21. The lowest BCUT2D eigenvalue weighted by atomic mass is 10.1. The summed E-state index contributed by atoms with van der Waals surface area (Å²) < 4.78 is 0. The van der Waals surface area contributed by atoms with Crippen LogP contribution in [0.5, 0.6) is 0 Å². The molecule has 0 spiro atoms. The summed E-state index contributed by atoms with van der Waals surface area (Å²) in [6, 6.07) is 8.01. The highest BCUT2D eigenvalue weighted by molar-refractivity contribution is 5.86. The first-order chi connectivity index (χ1) is 10.2. The molecule has 1 aliphatic rings.